The molecular weight excluding hydrogens is 307 g/mol. The van der Waals surface area contributed by atoms with Crippen molar-refractivity contribution in [3.8, 4) is 0 Å². The SMILES string of the molecule is CC(=O)c1ccccc1NCC(=O)Nc1ccc(Cl)cc1F. The molecule has 0 bridgehead atoms. The highest BCUT2D eigenvalue weighted by Crippen LogP contribution is 2.19. The van der Waals surface area contributed by atoms with Gasteiger partial charge < -0.3 is 10.6 Å². The molecule has 0 unspecified atom stereocenters. The molecule has 2 aromatic carbocycles. The van der Waals surface area contributed by atoms with Crippen molar-refractivity contribution >= 4 is 34.7 Å². The van der Waals surface area contributed by atoms with Crippen molar-refractivity contribution in [2.75, 3.05) is 17.2 Å². The van der Waals surface area contributed by atoms with Crippen molar-refractivity contribution < 1.29 is 14.0 Å². The zero-order valence-electron chi connectivity index (χ0n) is 11.8. The third kappa shape index (κ3) is 4.05. The Kier molecular flexibility index (Phi) is 5.12. The number of Topliss-reactive ketones (excluding diaryl/α,β-unsaturated/α-hetero) is 1. The van der Waals surface area contributed by atoms with Crippen molar-refractivity contribution in [2.24, 2.45) is 0 Å². The Balaban J connectivity index is 2.00. The molecule has 22 heavy (non-hydrogen) atoms. The minimum Gasteiger partial charge on any atom is -0.376 e. The Morgan fingerprint density at radius 1 is 1.14 bits per heavy atom. The van der Waals surface area contributed by atoms with E-state index in [0.29, 0.717) is 11.3 Å². The Hall–Kier alpha value is -2.40. The van der Waals surface area contributed by atoms with Gasteiger partial charge in [-0.2, -0.15) is 0 Å². The molecule has 0 fully saturated rings. The number of carbonyl (C=O) groups is 2. The summed E-state index contributed by atoms with van der Waals surface area (Å²) < 4.78 is 13.6. The third-order valence-corrected chi connectivity index (χ3v) is 3.19. The molecule has 0 spiro atoms. The fraction of sp³-hybridized carbons (Fsp3) is 0.125. The molecule has 2 N–H and O–H groups in total. The van der Waals surface area contributed by atoms with Gasteiger partial charge in [0.05, 0.1) is 12.2 Å². The van der Waals surface area contributed by atoms with Crippen LogP contribution < -0.4 is 10.6 Å². The normalized spacial score (nSPS) is 10.1. The van der Waals surface area contributed by atoms with E-state index in [1.54, 1.807) is 24.3 Å². The summed E-state index contributed by atoms with van der Waals surface area (Å²) in [7, 11) is 0. The van der Waals surface area contributed by atoms with Gasteiger partial charge in [0.15, 0.2) is 5.78 Å². The van der Waals surface area contributed by atoms with Crippen LogP contribution >= 0.6 is 11.6 Å². The van der Waals surface area contributed by atoms with Crippen LogP contribution in [0.1, 0.15) is 17.3 Å². The zero-order chi connectivity index (χ0) is 16.1. The van der Waals surface area contributed by atoms with Gasteiger partial charge in [-0.3, -0.25) is 9.59 Å². The summed E-state index contributed by atoms with van der Waals surface area (Å²) in [6.07, 6.45) is 0. The minimum absolute atomic E-state index is 0.0519. The van der Waals surface area contributed by atoms with Crippen LogP contribution in [0.15, 0.2) is 42.5 Å². The van der Waals surface area contributed by atoms with E-state index in [0.717, 1.165) is 6.07 Å². The quantitative estimate of drug-likeness (QED) is 0.825. The Morgan fingerprint density at radius 2 is 1.86 bits per heavy atom. The van der Waals surface area contributed by atoms with E-state index in [1.165, 1.54) is 19.1 Å². The van der Waals surface area contributed by atoms with Crippen LogP contribution in [0, 0.1) is 5.82 Å². The average molecular weight is 321 g/mol. The number of ketones is 1. The van der Waals surface area contributed by atoms with E-state index in [2.05, 4.69) is 10.6 Å². The molecule has 0 aromatic heterocycles. The van der Waals surface area contributed by atoms with E-state index in [-0.39, 0.29) is 23.0 Å². The molecule has 0 radical (unpaired) electrons. The van der Waals surface area contributed by atoms with Crippen molar-refractivity contribution in [1.82, 2.24) is 0 Å². The molecule has 114 valence electrons. The van der Waals surface area contributed by atoms with Gasteiger partial charge >= 0.3 is 0 Å². The smallest absolute Gasteiger partial charge is 0.243 e. The lowest BCUT2D eigenvalue weighted by Gasteiger charge is -2.11. The van der Waals surface area contributed by atoms with E-state index in [9.17, 15) is 14.0 Å². The first-order valence-electron chi connectivity index (χ1n) is 6.56. The molecule has 6 heteroatoms. The predicted molar refractivity (Wildman–Crippen MR) is 85.0 cm³/mol. The number of anilines is 2. The second-order valence-corrected chi connectivity index (χ2v) is 5.06. The molecule has 1 amide bonds. The lowest BCUT2D eigenvalue weighted by atomic mass is 10.1. The van der Waals surface area contributed by atoms with Crippen LogP contribution in [-0.2, 0) is 4.79 Å². The van der Waals surface area contributed by atoms with Gasteiger partial charge in [-0.25, -0.2) is 4.39 Å². The lowest BCUT2D eigenvalue weighted by molar-refractivity contribution is -0.114. The highest BCUT2D eigenvalue weighted by atomic mass is 35.5. The van der Waals surface area contributed by atoms with Crippen LogP contribution in [0.4, 0.5) is 15.8 Å². The third-order valence-electron chi connectivity index (χ3n) is 2.95. The first-order valence-corrected chi connectivity index (χ1v) is 6.94. The average Bonchev–Trinajstić information content (AvgIpc) is 2.48. The highest BCUT2D eigenvalue weighted by Gasteiger charge is 2.10. The summed E-state index contributed by atoms with van der Waals surface area (Å²) in [5, 5.41) is 5.55. The summed E-state index contributed by atoms with van der Waals surface area (Å²) in [6, 6.07) is 10.9. The molecule has 0 aliphatic heterocycles. The minimum atomic E-state index is -0.606. The van der Waals surface area contributed by atoms with Crippen LogP contribution in [0.2, 0.25) is 5.02 Å². The van der Waals surface area contributed by atoms with Crippen molar-refractivity contribution in [3.05, 3.63) is 58.9 Å². The first-order chi connectivity index (χ1) is 10.5. The van der Waals surface area contributed by atoms with Crippen LogP contribution in [0.3, 0.4) is 0 Å². The number of halogens is 2. The zero-order valence-corrected chi connectivity index (χ0v) is 12.6. The van der Waals surface area contributed by atoms with Crippen molar-refractivity contribution in [3.63, 3.8) is 0 Å². The van der Waals surface area contributed by atoms with Crippen LogP contribution in [-0.4, -0.2) is 18.2 Å². The summed E-state index contributed by atoms with van der Waals surface area (Å²) in [5.74, 6) is -1.14. The van der Waals surface area contributed by atoms with E-state index >= 15 is 0 Å². The Labute approximate surface area is 132 Å². The van der Waals surface area contributed by atoms with Gasteiger partial charge in [-0.05, 0) is 37.3 Å². The van der Waals surface area contributed by atoms with Gasteiger partial charge in [0.25, 0.3) is 0 Å². The molecule has 0 aliphatic carbocycles. The molecule has 0 saturated carbocycles. The first kappa shape index (κ1) is 16.0. The summed E-state index contributed by atoms with van der Waals surface area (Å²) >= 11 is 5.64. The Bertz CT molecular complexity index is 719. The molecular formula is C16H14ClFN2O2. The van der Waals surface area contributed by atoms with Crippen LogP contribution in [0.25, 0.3) is 0 Å². The lowest BCUT2D eigenvalue weighted by Crippen LogP contribution is -2.23. The van der Waals surface area contributed by atoms with Gasteiger partial charge in [0, 0.05) is 16.3 Å². The monoisotopic (exact) mass is 320 g/mol. The maximum Gasteiger partial charge on any atom is 0.243 e. The van der Waals surface area contributed by atoms with E-state index in [4.69, 9.17) is 11.6 Å². The second-order valence-electron chi connectivity index (χ2n) is 4.63. The van der Waals surface area contributed by atoms with E-state index in [1.807, 2.05) is 0 Å². The number of rotatable bonds is 5. The number of benzene rings is 2. The standard InChI is InChI=1S/C16H14ClFN2O2/c1-10(21)12-4-2-3-5-14(12)19-9-16(22)20-15-7-6-11(17)8-13(15)18/h2-8,19H,9H2,1H3,(H,20,22). The molecule has 0 heterocycles. The van der Waals surface area contributed by atoms with E-state index < -0.39 is 11.7 Å². The van der Waals surface area contributed by atoms with Gasteiger partial charge in [0.2, 0.25) is 5.91 Å². The molecule has 2 aromatic rings. The predicted octanol–water partition coefficient (Wildman–Crippen LogP) is 3.73. The van der Waals surface area contributed by atoms with Crippen molar-refractivity contribution in [1.29, 1.82) is 0 Å². The molecule has 0 saturated heterocycles. The van der Waals surface area contributed by atoms with Gasteiger partial charge in [-0.15, -0.1) is 0 Å². The van der Waals surface area contributed by atoms with Crippen LogP contribution in [0.5, 0.6) is 0 Å². The number of para-hydroxylation sites is 1. The molecule has 0 atom stereocenters. The number of carbonyl (C=O) groups excluding carboxylic acids is 2. The largest absolute Gasteiger partial charge is 0.376 e. The fourth-order valence-electron chi connectivity index (χ4n) is 1.91. The molecule has 4 nitrogen and oxygen atoms in total. The number of amides is 1. The maximum atomic E-state index is 13.6. The highest BCUT2D eigenvalue weighted by molar-refractivity contribution is 6.30. The van der Waals surface area contributed by atoms with Gasteiger partial charge in [0.1, 0.15) is 5.82 Å². The summed E-state index contributed by atoms with van der Waals surface area (Å²) in [4.78, 5) is 23.3. The Morgan fingerprint density at radius 3 is 2.55 bits per heavy atom. The number of nitrogens with one attached hydrogen (secondary N) is 2. The fourth-order valence-corrected chi connectivity index (χ4v) is 2.06. The molecule has 2 rings (SSSR count). The maximum absolute atomic E-state index is 13.6. The number of hydrogen-bond donors (Lipinski definition) is 2. The summed E-state index contributed by atoms with van der Waals surface area (Å²) in [6.45, 7) is 1.36. The van der Waals surface area contributed by atoms with Gasteiger partial charge in [-0.1, -0.05) is 23.7 Å². The number of hydrogen-bond acceptors (Lipinski definition) is 3. The topological polar surface area (TPSA) is 58.2 Å². The second kappa shape index (κ2) is 7.04. The molecule has 0 aliphatic rings. The van der Waals surface area contributed by atoms with Crippen molar-refractivity contribution in [2.45, 2.75) is 6.92 Å². The summed E-state index contributed by atoms with van der Waals surface area (Å²) in [5.41, 5.74) is 1.10.